The number of amides is 2. The number of likely N-dealkylation sites (tertiary alicyclic amines) is 1. The Kier molecular flexibility index (Phi) is 6.74. The van der Waals surface area contributed by atoms with Gasteiger partial charge in [-0.2, -0.15) is 0 Å². The van der Waals surface area contributed by atoms with Crippen molar-refractivity contribution < 1.29 is 9.59 Å². The van der Waals surface area contributed by atoms with E-state index in [1.807, 2.05) is 0 Å². The van der Waals surface area contributed by atoms with Crippen LogP contribution in [0.1, 0.15) is 70.6 Å². The average Bonchev–Trinajstić information content (AvgIpc) is 3.23. The number of rotatable bonds is 7. The zero-order valence-corrected chi connectivity index (χ0v) is 15.8. The maximum atomic E-state index is 12.3. The molecule has 1 N–H and O–H groups in total. The molecule has 2 aliphatic carbocycles. The van der Waals surface area contributed by atoms with Crippen LogP contribution in [0.25, 0.3) is 0 Å². The Morgan fingerprint density at radius 2 is 1.80 bits per heavy atom. The number of carbonyl (C=O) groups excluding carboxylic acids is 2. The summed E-state index contributed by atoms with van der Waals surface area (Å²) in [6, 6.07) is 0.906. The second-order valence-corrected chi connectivity index (χ2v) is 8.47. The van der Waals surface area contributed by atoms with Crippen LogP contribution >= 0.6 is 0 Å². The lowest BCUT2D eigenvalue weighted by Crippen LogP contribution is -2.38. The Morgan fingerprint density at radius 3 is 2.52 bits per heavy atom. The summed E-state index contributed by atoms with van der Waals surface area (Å²) in [6.07, 6.45) is 12.3. The minimum Gasteiger partial charge on any atom is -0.353 e. The monoisotopic (exact) mass is 349 g/mol. The fourth-order valence-corrected chi connectivity index (χ4v) is 4.87. The molecule has 0 aromatic heterocycles. The van der Waals surface area contributed by atoms with E-state index in [1.54, 1.807) is 0 Å². The van der Waals surface area contributed by atoms with Crippen LogP contribution < -0.4 is 5.32 Å². The van der Waals surface area contributed by atoms with Crippen molar-refractivity contribution >= 4 is 11.8 Å². The van der Waals surface area contributed by atoms with E-state index in [-0.39, 0.29) is 5.91 Å². The van der Waals surface area contributed by atoms with Gasteiger partial charge in [0.2, 0.25) is 11.8 Å². The molecule has 2 amide bonds. The number of hydrogen-bond acceptors (Lipinski definition) is 3. The van der Waals surface area contributed by atoms with Gasteiger partial charge >= 0.3 is 0 Å². The van der Waals surface area contributed by atoms with Gasteiger partial charge < -0.3 is 15.1 Å². The quantitative estimate of drug-likeness (QED) is 0.768. The van der Waals surface area contributed by atoms with Crippen molar-refractivity contribution in [2.75, 3.05) is 26.7 Å². The lowest BCUT2D eigenvalue weighted by molar-refractivity contribution is -0.129. The highest BCUT2D eigenvalue weighted by atomic mass is 16.2. The van der Waals surface area contributed by atoms with E-state index in [4.69, 9.17) is 0 Å². The molecule has 5 nitrogen and oxygen atoms in total. The van der Waals surface area contributed by atoms with E-state index in [9.17, 15) is 9.59 Å². The molecule has 1 saturated heterocycles. The zero-order valence-electron chi connectivity index (χ0n) is 15.8. The van der Waals surface area contributed by atoms with Crippen LogP contribution in [0.15, 0.2) is 0 Å². The Labute approximate surface area is 152 Å². The fraction of sp³-hybridized carbons (Fsp3) is 0.900. The van der Waals surface area contributed by atoms with Gasteiger partial charge in [0.05, 0.1) is 0 Å². The van der Waals surface area contributed by atoms with E-state index >= 15 is 0 Å². The topological polar surface area (TPSA) is 52.7 Å². The zero-order chi connectivity index (χ0) is 17.6. The van der Waals surface area contributed by atoms with E-state index in [1.165, 1.54) is 44.9 Å². The largest absolute Gasteiger partial charge is 0.353 e. The lowest BCUT2D eigenvalue weighted by atomic mass is 9.95. The highest BCUT2D eigenvalue weighted by Gasteiger charge is 2.35. The van der Waals surface area contributed by atoms with Crippen molar-refractivity contribution in [2.45, 2.75) is 82.7 Å². The van der Waals surface area contributed by atoms with Gasteiger partial charge in [-0.15, -0.1) is 0 Å². The lowest BCUT2D eigenvalue weighted by Gasteiger charge is -2.26. The molecule has 1 atom stereocenters. The van der Waals surface area contributed by atoms with Crippen LogP contribution in [0, 0.1) is 5.92 Å². The van der Waals surface area contributed by atoms with E-state index < -0.39 is 0 Å². The van der Waals surface area contributed by atoms with Crippen molar-refractivity contribution in [1.82, 2.24) is 15.1 Å². The van der Waals surface area contributed by atoms with Crippen LogP contribution in [0.3, 0.4) is 0 Å². The number of hydrogen-bond donors (Lipinski definition) is 1. The first-order valence-corrected chi connectivity index (χ1v) is 10.4. The van der Waals surface area contributed by atoms with Crippen molar-refractivity contribution in [3.8, 4) is 0 Å². The highest BCUT2D eigenvalue weighted by molar-refractivity contribution is 5.79. The second kappa shape index (κ2) is 9.02. The van der Waals surface area contributed by atoms with Gasteiger partial charge in [-0.1, -0.05) is 32.1 Å². The second-order valence-electron chi connectivity index (χ2n) is 8.47. The van der Waals surface area contributed by atoms with E-state index in [2.05, 4.69) is 22.2 Å². The predicted octanol–water partition coefficient (Wildman–Crippen LogP) is 2.55. The van der Waals surface area contributed by atoms with Crippen LogP contribution in [0.2, 0.25) is 0 Å². The summed E-state index contributed by atoms with van der Waals surface area (Å²) < 4.78 is 0. The molecule has 0 unspecified atom stereocenters. The molecular formula is C20H35N3O2. The fourth-order valence-electron chi connectivity index (χ4n) is 4.87. The molecule has 0 aromatic carbocycles. The molecule has 5 heteroatoms. The van der Waals surface area contributed by atoms with Crippen molar-refractivity contribution in [2.24, 2.45) is 5.92 Å². The van der Waals surface area contributed by atoms with E-state index in [0.717, 1.165) is 32.5 Å². The molecule has 0 bridgehead atoms. The molecule has 3 aliphatic rings. The van der Waals surface area contributed by atoms with Crippen molar-refractivity contribution in [3.05, 3.63) is 0 Å². The Balaban J connectivity index is 1.34. The van der Waals surface area contributed by atoms with Crippen LogP contribution in [-0.4, -0.2) is 60.4 Å². The summed E-state index contributed by atoms with van der Waals surface area (Å²) in [6.45, 7) is 2.63. The summed E-state index contributed by atoms with van der Waals surface area (Å²) in [5.74, 6) is 0.966. The SMILES string of the molecule is CN(CCC(=O)NC1CCCCC1)C[C@H]1CC(=O)N(C2CCCC2)C1. The molecule has 25 heavy (non-hydrogen) atoms. The van der Waals surface area contributed by atoms with Gasteiger partial charge in [0, 0.05) is 44.6 Å². The van der Waals surface area contributed by atoms with Crippen LogP contribution in [0.5, 0.6) is 0 Å². The summed E-state index contributed by atoms with van der Waals surface area (Å²) in [4.78, 5) is 28.8. The van der Waals surface area contributed by atoms with Crippen molar-refractivity contribution in [1.29, 1.82) is 0 Å². The van der Waals surface area contributed by atoms with Crippen LogP contribution in [0.4, 0.5) is 0 Å². The summed E-state index contributed by atoms with van der Waals surface area (Å²) >= 11 is 0. The maximum absolute atomic E-state index is 12.3. The molecule has 0 aromatic rings. The molecule has 0 spiro atoms. The highest BCUT2D eigenvalue weighted by Crippen LogP contribution is 2.29. The Hall–Kier alpha value is -1.10. The molecule has 142 valence electrons. The predicted molar refractivity (Wildman–Crippen MR) is 99.2 cm³/mol. The molecular weight excluding hydrogens is 314 g/mol. The first-order valence-electron chi connectivity index (χ1n) is 10.4. The maximum Gasteiger partial charge on any atom is 0.223 e. The summed E-state index contributed by atoms with van der Waals surface area (Å²) in [7, 11) is 2.08. The van der Waals surface area contributed by atoms with Crippen LogP contribution in [-0.2, 0) is 9.59 Å². The first kappa shape index (κ1) is 18.7. The smallest absolute Gasteiger partial charge is 0.223 e. The molecule has 1 aliphatic heterocycles. The Morgan fingerprint density at radius 1 is 1.12 bits per heavy atom. The average molecular weight is 350 g/mol. The van der Waals surface area contributed by atoms with Gasteiger partial charge in [0.25, 0.3) is 0 Å². The number of nitrogens with one attached hydrogen (secondary N) is 1. The first-order chi connectivity index (χ1) is 12.1. The third-order valence-corrected chi connectivity index (χ3v) is 6.26. The molecule has 0 radical (unpaired) electrons. The molecule has 3 fully saturated rings. The molecule has 2 saturated carbocycles. The normalized spacial score (nSPS) is 25.9. The van der Waals surface area contributed by atoms with Gasteiger partial charge in [-0.3, -0.25) is 9.59 Å². The minimum atomic E-state index is 0.189. The van der Waals surface area contributed by atoms with Gasteiger partial charge in [-0.05, 0) is 38.6 Å². The standard InChI is InChI=1S/C20H35N3O2/c1-22(12-11-19(24)21-17-7-3-2-4-8-17)14-16-13-20(25)23(15-16)18-9-5-6-10-18/h16-18H,2-15H2,1H3,(H,21,24)/t16-/m1/s1. The summed E-state index contributed by atoms with van der Waals surface area (Å²) in [5, 5.41) is 3.19. The van der Waals surface area contributed by atoms with Gasteiger partial charge in [-0.25, -0.2) is 0 Å². The van der Waals surface area contributed by atoms with Gasteiger partial charge in [0.15, 0.2) is 0 Å². The molecule has 1 heterocycles. The Bertz CT molecular complexity index is 456. The van der Waals surface area contributed by atoms with E-state index in [0.29, 0.717) is 36.8 Å². The number of carbonyl (C=O) groups is 2. The third kappa shape index (κ3) is 5.44. The number of nitrogens with zero attached hydrogens (tertiary/aromatic N) is 2. The minimum absolute atomic E-state index is 0.189. The molecule has 3 rings (SSSR count). The van der Waals surface area contributed by atoms with Crippen molar-refractivity contribution in [3.63, 3.8) is 0 Å². The van der Waals surface area contributed by atoms with Gasteiger partial charge in [0.1, 0.15) is 0 Å². The third-order valence-electron chi connectivity index (χ3n) is 6.26. The summed E-state index contributed by atoms with van der Waals surface area (Å²) in [5.41, 5.74) is 0.